The summed E-state index contributed by atoms with van der Waals surface area (Å²) < 4.78 is 16.7. The maximum atomic E-state index is 12.8. The molecule has 0 aliphatic heterocycles. The molecule has 0 saturated heterocycles. The first kappa shape index (κ1) is 56.9. The topological polar surface area (TPSA) is 78.9 Å². The van der Waals surface area contributed by atoms with Crippen molar-refractivity contribution in [2.45, 2.75) is 239 Å². The van der Waals surface area contributed by atoms with Crippen LogP contribution in [-0.2, 0) is 28.6 Å². The molecular weight excluding hydrogens is 745 g/mol. The number of hydrogen-bond acceptors (Lipinski definition) is 6. The Bertz CT molecular complexity index is 1140. The highest BCUT2D eigenvalue weighted by atomic mass is 16.6. The van der Waals surface area contributed by atoms with Crippen molar-refractivity contribution in [3.8, 4) is 0 Å². The van der Waals surface area contributed by atoms with E-state index in [1.54, 1.807) is 0 Å². The van der Waals surface area contributed by atoms with Crippen molar-refractivity contribution in [1.82, 2.24) is 0 Å². The minimum absolute atomic E-state index is 0.0920. The van der Waals surface area contributed by atoms with Gasteiger partial charge < -0.3 is 14.2 Å². The molecule has 0 saturated carbocycles. The normalized spacial score (nSPS) is 12.7. The molecule has 0 aromatic carbocycles. The van der Waals surface area contributed by atoms with Crippen LogP contribution in [0.3, 0.4) is 0 Å². The second-order valence-electron chi connectivity index (χ2n) is 16.3. The lowest BCUT2D eigenvalue weighted by Gasteiger charge is -2.18. The lowest BCUT2D eigenvalue weighted by atomic mass is 10.0. The van der Waals surface area contributed by atoms with Crippen molar-refractivity contribution in [2.24, 2.45) is 0 Å². The summed E-state index contributed by atoms with van der Waals surface area (Å²) in [5.41, 5.74) is 0. The van der Waals surface area contributed by atoms with Gasteiger partial charge in [0.05, 0.1) is 0 Å². The Hall–Kier alpha value is -3.15. The lowest BCUT2D eigenvalue weighted by Crippen LogP contribution is -2.30. The van der Waals surface area contributed by atoms with Gasteiger partial charge >= 0.3 is 17.9 Å². The van der Waals surface area contributed by atoms with Crippen LogP contribution in [0.15, 0.2) is 72.9 Å². The van der Waals surface area contributed by atoms with Crippen LogP contribution < -0.4 is 0 Å². The van der Waals surface area contributed by atoms with Gasteiger partial charge in [0.15, 0.2) is 6.10 Å². The minimum atomic E-state index is -0.791. The van der Waals surface area contributed by atoms with E-state index in [0.29, 0.717) is 19.3 Å². The maximum absolute atomic E-state index is 12.8. The number of unbranched alkanes of at least 4 members (excludes halogenated alkanes) is 21. The highest BCUT2D eigenvalue weighted by Crippen LogP contribution is 2.15. The number of carbonyl (C=O) groups excluding carboxylic acids is 3. The largest absolute Gasteiger partial charge is 0.462 e. The van der Waals surface area contributed by atoms with Crippen LogP contribution in [-0.4, -0.2) is 37.2 Å². The molecule has 0 rings (SSSR count). The van der Waals surface area contributed by atoms with E-state index >= 15 is 0 Å². The molecule has 0 aromatic heterocycles. The van der Waals surface area contributed by atoms with Crippen LogP contribution >= 0.6 is 0 Å². The van der Waals surface area contributed by atoms with Crippen molar-refractivity contribution in [3.63, 3.8) is 0 Å². The molecular formula is C54H92O6. The number of allylic oxidation sites excluding steroid dienone is 12. The quantitative estimate of drug-likeness (QED) is 0.0263. The summed E-state index contributed by atoms with van der Waals surface area (Å²) in [6.07, 6.45) is 60.3. The van der Waals surface area contributed by atoms with Gasteiger partial charge in [-0.3, -0.25) is 14.4 Å². The van der Waals surface area contributed by atoms with Gasteiger partial charge in [0, 0.05) is 19.3 Å². The van der Waals surface area contributed by atoms with Gasteiger partial charge in [-0.1, -0.05) is 203 Å². The molecule has 60 heavy (non-hydrogen) atoms. The Morgan fingerprint density at radius 3 is 1.03 bits per heavy atom. The molecule has 0 bridgehead atoms. The zero-order valence-electron chi connectivity index (χ0n) is 39.2. The van der Waals surface area contributed by atoms with Gasteiger partial charge in [-0.2, -0.15) is 0 Å². The fraction of sp³-hybridized carbons (Fsp3) is 0.722. The van der Waals surface area contributed by atoms with E-state index < -0.39 is 6.10 Å². The van der Waals surface area contributed by atoms with Gasteiger partial charge in [-0.05, 0) is 83.5 Å². The molecule has 0 aliphatic rings. The molecule has 344 valence electrons. The summed E-state index contributed by atoms with van der Waals surface area (Å²) in [4.78, 5) is 37.9. The van der Waals surface area contributed by atoms with Crippen molar-refractivity contribution < 1.29 is 28.6 Å². The van der Waals surface area contributed by atoms with Gasteiger partial charge in [0.25, 0.3) is 0 Å². The fourth-order valence-electron chi connectivity index (χ4n) is 6.76. The number of hydrogen-bond donors (Lipinski definition) is 0. The van der Waals surface area contributed by atoms with E-state index in [1.807, 2.05) is 0 Å². The number of esters is 3. The smallest absolute Gasteiger partial charge is 0.306 e. The van der Waals surface area contributed by atoms with E-state index in [9.17, 15) is 14.4 Å². The molecule has 0 fully saturated rings. The zero-order valence-corrected chi connectivity index (χ0v) is 39.2. The Morgan fingerprint density at radius 1 is 0.350 bits per heavy atom. The Balaban J connectivity index is 4.44. The summed E-state index contributed by atoms with van der Waals surface area (Å²) >= 11 is 0. The van der Waals surface area contributed by atoms with E-state index in [0.717, 1.165) is 122 Å². The van der Waals surface area contributed by atoms with E-state index in [4.69, 9.17) is 14.2 Å². The van der Waals surface area contributed by atoms with Gasteiger partial charge in [-0.25, -0.2) is 0 Å². The Morgan fingerprint density at radius 2 is 0.650 bits per heavy atom. The van der Waals surface area contributed by atoms with E-state index in [2.05, 4.69) is 93.7 Å². The molecule has 0 radical (unpaired) electrons. The lowest BCUT2D eigenvalue weighted by molar-refractivity contribution is -0.167. The minimum Gasteiger partial charge on any atom is -0.462 e. The monoisotopic (exact) mass is 837 g/mol. The fourth-order valence-corrected chi connectivity index (χ4v) is 6.76. The summed E-state index contributed by atoms with van der Waals surface area (Å²) in [5.74, 6) is -0.936. The molecule has 0 amide bonds. The molecule has 1 unspecified atom stereocenters. The van der Waals surface area contributed by atoms with Crippen molar-refractivity contribution in [1.29, 1.82) is 0 Å². The standard InChI is InChI=1S/C54H92O6/c1-4-7-10-13-16-19-22-25-27-28-30-32-35-38-41-44-47-53(56)59-50-51(49-58-52(55)46-43-40-37-34-31-24-21-18-15-12-9-6-3)60-54(57)48-45-42-39-36-33-29-26-23-20-17-14-11-8-5-2/h7,9-10,12,16,18-19,21,25,27,30,32,51H,4-6,8,11,13-15,17,20,22-24,26,28-29,31,33-50H2,1-3H3/b10-7-,12-9-,19-16-,21-18-,27-25-,32-30-. The summed E-state index contributed by atoms with van der Waals surface area (Å²) in [6.45, 7) is 6.37. The van der Waals surface area contributed by atoms with Crippen LogP contribution in [0, 0.1) is 0 Å². The van der Waals surface area contributed by atoms with Crippen LogP contribution in [0.1, 0.15) is 233 Å². The summed E-state index contributed by atoms with van der Waals surface area (Å²) in [7, 11) is 0. The van der Waals surface area contributed by atoms with Gasteiger partial charge in [0.2, 0.25) is 0 Å². The molecule has 0 aliphatic carbocycles. The molecule has 0 N–H and O–H groups in total. The van der Waals surface area contributed by atoms with Crippen LogP contribution in [0.2, 0.25) is 0 Å². The number of rotatable bonds is 44. The predicted molar refractivity (Wildman–Crippen MR) is 256 cm³/mol. The Kier molecular flexibility index (Phi) is 46.0. The molecule has 0 spiro atoms. The second-order valence-corrected chi connectivity index (χ2v) is 16.3. The molecule has 6 nitrogen and oxygen atoms in total. The third-order valence-corrected chi connectivity index (χ3v) is 10.5. The SMILES string of the molecule is CC/C=C\C/C=C\C/C=C\C/C=C\CCCCCC(=O)OCC(COC(=O)CCCCCCC/C=C\C/C=C\CC)OC(=O)CCCCCCCCCCCCCCCC. The Labute approximate surface area is 370 Å². The first-order chi connectivity index (χ1) is 29.5. The first-order valence-corrected chi connectivity index (χ1v) is 24.9. The third kappa shape index (κ3) is 45.9. The molecule has 0 heterocycles. The van der Waals surface area contributed by atoms with Crippen molar-refractivity contribution in [2.75, 3.05) is 13.2 Å². The van der Waals surface area contributed by atoms with Gasteiger partial charge in [-0.15, -0.1) is 0 Å². The molecule has 6 heteroatoms. The average molecular weight is 837 g/mol. The van der Waals surface area contributed by atoms with Crippen molar-refractivity contribution >= 4 is 17.9 Å². The highest BCUT2D eigenvalue weighted by molar-refractivity contribution is 5.71. The zero-order chi connectivity index (χ0) is 43.7. The summed E-state index contributed by atoms with van der Waals surface area (Å²) in [5, 5.41) is 0. The van der Waals surface area contributed by atoms with Crippen LogP contribution in [0.4, 0.5) is 0 Å². The maximum Gasteiger partial charge on any atom is 0.306 e. The number of ether oxygens (including phenoxy) is 3. The van der Waals surface area contributed by atoms with E-state index in [1.165, 1.54) is 70.6 Å². The van der Waals surface area contributed by atoms with Gasteiger partial charge in [0.1, 0.15) is 13.2 Å². The second kappa shape index (κ2) is 48.5. The number of carbonyl (C=O) groups is 3. The predicted octanol–water partition coefficient (Wildman–Crippen LogP) is 16.3. The summed E-state index contributed by atoms with van der Waals surface area (Å²) in [6, 6.07) is 0. The third-order valence-electron chi connectivity index (χ3n) is 10.5. The molecule has 1 atom stereocenters. The van der Waals surface area contributed by atoms with Crippen LogP contribution in [0.25, 0.3) is 0 Å². The molecule has 0 aromatic rings. The van der Waals surface area contributed by atoms with Crippen LogP contribution in [0.5, 0.6) is 0 Å². The highest BCUT2D eigenvalue weighted by Gasteiger charge is 2.19. The van der Waals surface area contributed by atoms with Crippen molar-refractivity contribution in [3.05, 3.63) is 72.9 Å². The van der Waals surface area contributed by atoms with E-state index in [-0.39, 0.29) is 31.1 Å². The average Bonchev–Trinajstić information content (AvgIpc) is 3.24. The first-order valence-electron chi connectivity index (χ1n) is 24.9.